The first kappa shape index (κ1) is 22.2. The van der Waals surface area contributed by atoms with Crippen molar-refractivity contribution in [3.8, 4) is 11.5 Å². The standard InChI is InChI=1S/C19H25N3O3.HI/c1-23-13-14-24-12-6-11-21-19(20)22-16-7-5-10-18(15-16)25-17-8-3-2-4-9-17;/h2-5,7-10,15H,6,11-14H2,1H3,(H3,20,21,22);1H. The van der Waals surface area contributed by atoms with Crippen molar-refractivity contribution in [1.29, 1.82) is 0 Å². The van der Waals surface area contributed by atoms with E-state index in [0.717, 1.165) is 23.6 Å². The molecular weight excluding hydrogens is 445 g/mol. The summed E-state index contributed by atoms with van der Waals surface area (Å²) in [6.07, 6.45) is 0.809. The van der Waals surface area contributed by atoms with Crippen molar-refractivity contribution in [1.82, 2.24) is 0 Å². The predicted octanol–water partition coefficient (Wildman–Crippen LogP) is 3.88. The van der Waals surface area contributed by atoms with Crippen molar-refractivity contribution in [2.24, 2.45) is 10.7 Å². The molecule has 0 fully saturated rings. The summed E-state index contributed by atoms with van der Waals surface area (Å²) in [5.74, 6) is 1.89. The molecule has 2 aromatic carbocycles. The van der Waals surface area contributed by atoms with Gasteiger partial charge in [-0.05, 0) is 30.7 Å². The average Bonchev–Trinajstić information content (AvgIpc) is 2.62. The van der Waals surface area contributed by atoms with Gasteiger partial charge in [-0.3, -0.25) is 4.99 Å². The Kier molecular flexibility index (Phi) is 11.4. The van der Waals surface area contributed by atoms with Crippen molar-refractivity contribution in [2.45, 2.75) is 6.42 Å². The molecule has 0 spiro atoms. The van der Waals surface area contributed by atoms with Gasteiger partial charge in [0.15, 0.2) is 5.96 Å². The fourth-order valence-corrected chi connectivity index (χ4v) is 2.06. The fourth-order valence-electron chi connectivity index (χ4n) is 2.06. The molecule has 26 heavy (non-hydrogen) atoms. The lowest BCUT2D eigenvalue weighted by Gasteiger charge is -2.09. The summed E-state index contributed by atoms with van der Waals surface area (Å²) >= 11 is 0. The zero-order valence-corrected chi connectivity index (χ0v) is 17.2. The van der Waals surface area contributed by atoms with Gasteiger partial charge in [0.1, 0.15) is 11.5 Å². The molecule has 0 aliphatic carbocycles. The molecule has 2 rings (SSSR count). The van der Waals surface area contributed by atoms with Crippen molar-refractivity contribution >= 4 is 35.6 Å². The minimum Gasteiger partial charge on any atom is -0.457 e. The monoisotopic (exact) mass is 471 g/mol. The van der Waals surface area contributed by atoms with Gasteiger partial charge >= 0.3 is 0 Å². The first-order valence-electron chi connectivity index (χ1n) is 8.24. The van der Waals surface area contributed by atoms with Gasteiger partial charge in [-0.25, -0.2) is 0 Å². The number of nitrogens with one attached hydrogen (secondary N) is 1. The number of halogens is 1. The van der Waals surface area contributed by atoms with Crippen LogP contribution < -0.4 is 15.8 Å². The van der Waals surface area contributed by atoms with E-state index in [9.17, 15) is 0 Å². The summed E-state index contributed by atoms with van der Waals surface area (Å²) in [5.41, 5.74) is 6.73. The highest BCUT2D eigenvalue weighted by Gasteiger charge is 2.00. The summed E-state index contributed by atoms with van der Waals surface area (Å²) in [5, 5.41) is 3.07. The molecule has 0 bridgehead atoms. The van der Waals surface area contributed by atoms with Crippen molar-refractivity contribution in [2.75, 3.05) is 38.8 Å². The van der Waals surface area contributed by atoms with E-state index in [-0.39, 0.29) is 24.0 Å². The maximum atomic E-state index is 5.91. The van der Waals surface area contributed by atoms with Crippen LogP contribution in [-0.4, -0.2) is 39.4 Å². The Bertz CT molecular complexity index is 653. The highest BCUT2D eigenvalue weighted by Crippen LogP contribution is 2.23. The van der Waals surface area contributed by atoms with Gasteiger partial charge in [0.2, 0.25) is 0 Å². The number of para-hydroxylation sites is 1. The van der Waals surface area contributed by atoms with Gasteiger partial charge in [-0.1, -0.05) is 24.3 Å². The quantitative estimate of drug-likeness (QED) is 0.238. The molecule has 0 heterocycles. The molecule has 0 unspecified atom stereocenters. The third-order valence-electron chi connectivity index (χ3n) is 3.25. The van der Waals surface area contributed by atoms with Crippen LogP contribution in [0, 0.1) is 0 Å². The molecule has 2 aromatic rings. The lowest BCUT2D eigenvalue weighted by molar-refractivity contribution is 0.0702. The molecule has 142 valence electrons. The zero-order valence-electron chi connectivity index (χ0n) is 14.9. The van der Waals surface area contributed by atoms with E-state index in [4.69, 9.17) is 19.9 Å². The van der Waals surface area contributed by atoms with Crippen LogP contribution in [0.1, 0.15) is 6.42 Å². The first-order chi connectivity index (χ1) is 12.3. The fraction of sp³-hybridized carbons (Fsp3) is 0.316. The van der Waals surface area contributed by atoms with E-state index in [2.05, 4.69) is 10.3 Å². The second-order valence-corrected chi connectivity index (χ2v) is 5.29. The van der Waals surface area contributed by atoms with Gasteiger partial charge in [0.25, 0.3) is 0 Å². The van der Waals surface area contributed by atoms with E-state index in [0.29, 0.717) is 32.3 Å². The van der Waals surface area contributed by atoms with E-state index >= 15 is 0 Å². The number of hydrogen-bond donors (Lipinski definition) is 2. The van der Waals surface area contributed by atoms with Gasteiger partial charge in [0, 0.05) is 32.0 Å². The molecule has 0 aliphatic rings. The minimum atomic E-state index is 0. The summed E-state index contributed by atoms with van der Waals surface area (Å²) in [6, 6.07) is 17.2. The lowest BCUT2D eigenvalue weighted by atomic mass is 10.3. The number of aliphatic imine (C=N–C) groups is 1. The van der Waals surface area contributed by atoms with E-state index < -0.39 is 0 Å². The number of nitrogens with zero attached hydrogens (tertiary/aromatic N) is 1. The molecule has 0 saturated carbocycles. The Hall–Kier alpha value is -1.84. The van der Waals surface area contributed by atoms with Gasteiger partial charge in [0.05, 0.1) is 13.2 Å². The zero-order chi connectivity index (χ0) is 17.7. The average molecular weight is 471 g/mol. The normalized spacial score (nSPS) is 10.9. The highest BCUT2D eigenvalue weighted by atomic mass is 127. The Morgan fingerprint density at radius 1 is 1.00 bits per heavy atom. The van der Waals surface area contributed by atoms with Crippen LogP contribution in [0.2, 0.25) is 0 Å². The third-order valence-corrected chi connectivity index (χ3v) is 3.25. The number of benzene rings is 2. The topological polar surface area (TPSA) is 78.1 Å². The number of ether oxygens (including phenoxy) is 3. The Balaban J connectivity index is 0.00000338. The second kappa shape index (κ2) is 13.4. The third kappa shape index (κ3) is 9.02. The summed E-state index contributed by atoms with van der Waals surface area (Å²) < 4.78 is 16.1. The maximum Gasteiger partial charge on any atom is 0.193 e. The van der Waals surface area contributed by atoms with Crippen LogP contribution >= 0.6 is 24.0 Å². The number of methoxy groups -OCH3 is 1. The van der Waals surface area contributed by atoms with Gasteiger partial charge < -0.3 is 25.3 Å². The van der Waals surface area contributed by atoms with Crippen molar-refractivity contribution < 1.29 is 14.2 Å². The number of hydrogen-bond acceptors (Lipinski definition) is 4. The van der Waals surface area contributed by atoms with Crippen LogP contribution in [0.4, 0.5) is 5.69 Å². The van der Waals surface area contributed by atoms with Gasteiger partial charge in [-0.15, -0.1) is 24.0 Å². The molecule has 3 N–H and O–H groups in total. The maximum absolute atomic E-state index is 5.91. The van der Waals surface area contributed by atoms with Crippen molar-refractivity contribution in [3.05, 3.63) is 54.6 Å². The molecule has 0 aliphatic heterocycles. The molecule has 0 amide bonds. The second-order valence-electron chi connectivity index (χ2n) is 5.29. The Morgan fingerprint density at radius 2 is 1.77 bits per heavy atom. The Morgan fingerprint density at radius 3 is 2.54 bits per heavy atom. The van der Waals surface area contributed by atoms with Crippen LogP contribution in [-0.2, 0) is 9.47 Å². The summed E-state index contributed by atoms with van der Waals surface area (Å²) in [7, 11) is 1.65. The largest absolute Gasteiger partial charge is 0.457 e. The summed E-state index contributed by atoms with van der Waals surface area (Å²) in [6.45, 7) is 2.45. The van der Waals surface area contributed by atoms with E-state index in [1.165, 1.54) is 0 Å². The van der Waals surface area contributed by atoms with E-state index in [1.807, 2.05) is 54.6 Å². The highest BCUT2D eigenvalue weighted by molar-refractivity contribution is 14.0. The first-order valence-corrected chi connectivity index (χ1v) is 8.24. The van der Waals surface area contributed by atoms with Crippen LogP contribution in [0.25, 0.3) is 0 Å². The molecule has 0 radical (unpaired) electrons. The number of rotatable bonds is 10. The molecule has 0 saturated heterocycles. The predicted molar refractivity (Wildman–Crippen MR) is 116 cm³/mol. The van der Waals surface area contributed by atoms with Crippen LogP contribution in [0.15, 0.2) is 59.6 Å². The molecule has 6 nitrogen and oxygen atoms in total. The van der Waals surface area contributed by atoms with Gasteiger partial charge in [-0.2, -0.15) is 0 Å². The lowest BCUT2D eigenvalue weighted by Crippen LogP contribution is -2.23. The Labute approximate surface area is 171 Å². The molecule has 0 aromatic heterocycles. The number of guanidine groups is 1. The SMILES string of the molecule is COCCOCCCN=C(N)Nc1cccc(Oc2ccccc2)c1.I. The van der Waals surface area contributed by atoms with Crippen LogP contribution in [0.3, 0.4) is 0 Å². The number of nitrogens with two attached hydrogens (primary N) is 1. The molecule has 7 heteroatoms. The minimum absolute atomic E-state index is 0. The smallest absolute Gasteiger partial charge is 0.193 e. The molecular formula is C19H26IN3O3. The number of anilines is 1. The summed E-state index contributed by atoms with van der Waals surface area (Å²) in [4.78, 5) is 4.28. The van der Waals surface area contributed by atoms with Crippen molar-refractivity contribution in [3.63, 3.8) is 0 Å². The molecule has 0 atom stereocenters. The van der Waals surface area contributed by atoms with Crippen LogP contribution in [0.5, 0.6) is 11.5 Å². The van der Waals surface area contributed by atoms with E-state index in [1.54, 1.807) is 7.11 Å².